The number of hydrogen-bond acceptors (Lipinski definition) is 3. The quantitative estimate of drug-likeness (QED) is 0.343. The second-order valence-electron chi connectivity index (χ2n) is 2.16. The van der Waals surface area contributed by atoms with E-state index in [4.69, 9.17) is 21.9 Å². The zero-order valence-electron chi connectivity index (χ0n) is 7.86. The van der Waals surface area contributed by atoms with Crippen LogP contribution in [0.4, 0.5) is 5.69 Å². The third-order valence-electron chi connectivity index (χ3n) is 1.23. The van der Waals surface area contributed by atoms with Crippen molar-refractivity contribution in [3.05, 3.63) is 23.2 Å². The molecule has 0 aliphatic carbocycles. The molecule has 0 unspecified atom stereocenters. The fourth-order valence-corrected chi connectivity index (χ4v) is 1.73. The topological polar surface area (TPSA) is 80.4 Å². The monoisotopic (exact) mass is 231 g/mol. The van der Waals surface area contributed by atoms with Crippen molar-refractivity contribution < 1.29 is 44.0 Å². The van der Waals surface area contributed by atoms with Gasteiger partial charge in [-0.25, -0.2) is 0 Å². The molecule has 0 saturated heterocycles. The van der Waals surface area contributed by atoms with Gasteiger partial charge in [0.2, 0.25) is 0 Å². The Morgan fingerprint density at radius 2 is 2.00 bits per heavy atom. The largest absolute Gasteiger partial charge is 1.00 e. The van der Waals surface area contributed by atoms with Crippen LogP contribution in [0.5, 0.6) is 0 Å². The molecule has 0 radical (unpaired) electrons. The van der Waals surface area contributed by atoms with Crippen molar-refractivity contribution >= 4 is 27.4 Å². The molecule has 0 bridgehead atoms. The van der Waals surface area contributed by atoms with Gasteiger partial charge in [0.15, 0.2) is 0 Å². The van der Waals surface area contributed by atoms with Crippen molar-refractivity contribution in [3.63, 3.8) is 0 Å². The van der Waals surface area contributed by atoms with Gasteiger partial charge in [-0.3, -0.25) is 4.55 Å². The predicted octanol–water partition coefficient (Wildman–Crippen LogP) is -1.71. The first-order valence-corrected chi connectivity index (χ1v) is 4.75. The molecule has 0 atom stereocenters. The van der Waals surface area contributed by atoms with E-state index < -0.39 is 10.1 Å². The Morgan fingerprint density at radius 1 is 1.46 bits per heavy atom. The number of hydrogen-bond donors (Lipinski definition) is 2. The summed E-state index contributed by atoms with van der Waals surface area (Å²) in [5, 5.41) is -0.0494. The maximum absolute atomic E-state index is 10.6. The molecule has 0 aliphatic rings. The van der Waals surface area contributed by atoms with Crippen LogP contribution in [0.3, 0.4) is 0 Å². The van der Waals surface area contributed by atoms with Gasteiger partial charge in [-0.2, -0.15) is 8.42 Å². The third-order valence-corrected chi connectivity index (χ3v) is 2.57. The average molecular weight is 232 g/mol. The molecule has 0 fully saturated rings. The van der Waals surface area contributed by atoms with E-state index in [1.165, 1.54) is 12.1 Å². The Hall–Kier alpha value is 0.220. The average Bonchev–Trinajstić information content (AvgIpc) is 1.92. The minimum absolute atomic E-state index is 0. The maximum Gasteiger partial charge on any atom is 1.00 e. The molecule has 0 amide bonds. The van der Waals surface area contributed by atoms with Gasteiger partial charge in [-0.1, -0.05) is 11.6 Å². The number of anilines is 1. The standard InChI is InChI=1S/C6H6ClNO3S.Na.H/c7-5-2-1-4(8)3-6(5)12(9,10)11;;/h1-3H,8H2,(H,9,10,11);;/q;+1;-1. The molecule has 13 heavy (non-hydrogen) atoms. The summed E-state index contributed by atoms with van der Waals surface area (Å²) in [6.07, 6.45) is 0. The van der Waals surface area contributed by atoms with E-state index in [0.29, 0.717) is 0 Å². The molecule has 0 saturated carbocycles. The molecular formula is C6H7ClNNaO3S. The number of benzene rings is 1. The Balaban J connectivity index is 0. The summed E-state index contributed by atoms with van der Waals surface area (Å²) in [5.41, 5.74) is 5.52. The van der Waals surface area contributed by atoms with Crippen LogP contribution in [0.1, 0.15) is 1.43 Å². The summed E-state index contributed by atoms with van der Waals surface area (Å²) < 4.78 is 29.9. The fourth-order valence-electron chi connectivity index (χ4n) is 0.718. The van der Waals surface area contributed by atoms with Gasteiger partial charge in [0, 0.05) is 5.69 Å². The molecule has 1 rings (SSSR count). The van der Waals surface area contributed by atoms with E-state index in [1.807, 2.05) is 0 Å². The first-order chi connectivity index (χ1) is 5.41. The molecular weight excluding hydrogens is 225 g/mol. The van der Waals surface area contributed by atoms with E-state index in [-0.39, 0.29) is 46.6 Å². The van der Waals surface area contributed by atoms with Crippen LogP contribution < -0.4 is 35.3 Å². The molecule has 0 heterocycles. The van der Waals surface area contributed by atoms with Crippen LogP contribution in [0, 0.1) is 0 Å². The Bertz CT molecular complexity index is 412. The van der Waals surface area contributed by atoms with Crippen LogP contribution in [0.25, 0.3) is 0 Å². The van der Waals surface area contributed by atoms with Crippen molar-refractivity contribution in [3.8, 4) is 0 Å². The first-order valence-electron chi connectivity index (χ1n) is 2.94. The second-order valence-corrected chi connectivity index (χ2v) is 3.96. The minimum Gasteiger partial charge on any atom is -1.00 e. The summed E-state index contributed by atoms with van der Waals surface area (Å²) >= 11 is 5.49. The SMILES string of the molecule is Nc1ccc(Cl)c(S(=O)(=O)O)c1.[H-].[Na+]. The van der Waals surface area contributed by atoms with Gasteiger partial charge >= 0.3 is 29.6 Å². The molecule has 68 valence electrons. The van der Waals surface area contributed by atoms with Crippen molar-refractivity contribution in [2.45, 2.75) is 4.90 Å². The molecule has 0 aliphatic heterocycles. The molecule has 1 aromatic rings. The van der Waals surface area contributed by atoms with E-state index >= 15 is 0 Å². The van der Waals surface area contributed by atoms with Gasteiger partial charge in [-0.15, -0.1) is 0 Å². The summed E-state index contributed by atoms with van der Waals surface area (Å²) in [4.78, 5) is -0.371. The van der Waals surface area contributed by atoms with Crippen LogP contribution in [-0.4, -0.2) is 13.0 Å². The van der Waals surface area contributed by atoms with Gasteiger partial charge in [0.25, 0.3) is 10.1 Å². The second kappa shape index (κ2) is 4.63. The summed E-state index contributed by atoms with van der Waals surface area (Å²) in [6, 6.07) is 3.84. The third kappa shape index (κ3) is 3.46. The molecule has 1 aromatic carbocycles. The first kappa shape index (κ1) is 13.2. The van der Waals surface area contributed by atoms with E-state index in [9.17, 15) is 8.42 Å². The summed E-state index contributed by atoms with van der Waals surface area (Å²) in [7, 11) is -4.27. The number of nitrogen functional groups attached to an aromatic ring is 1. The number of halogens is 1. The molecule has 0 aromatic heterocycles. The normalized spacial score (nSPS) is 10.6. The maximum atomic E-state index is 10.6. The zero-order chi connectivity index (χ0) is 9.35. The fraction of sp³-hybridized carbons (Fsp3) is 0. The van der Waals surface area contributed by atoms with Crippen molar-refractivity contribution in [1.29, 1.82) is 0 Å². The predicted molar refractivity (Wildman–Crippen MR) is 46.8 cm³/mol. The van der Waals surface area contributed by atoms with Crippen molar-refractivity contribution in [2.24, 2.45) is 0 Å². The van der Waals surface area contributed by atoms with Crippen LogP contribution in [-0.2, 0) is 10.1 Å². The molecule has 4 nitrogen and oxygen atoms in total. The van der Waals surface area contributed by atoms with Gasteiger partial charge < -0.3 is 7.16 Å². The molecule has 3 N–H and O–H groups in total. The van der Waals surface area contributed by atoms with Gasteiger partial charge in [-0.05, 0) is 18.2 Å². The number of rotatable bonds is 1. The van der Waals surface area contributed by atoms with Crippen LogP contribution >= 0.6 is 11.6 Å². The van der Waals surface area contributed by atoms with E-state index in [2.05, 4.69) is 0 Å². The van der Waals surface area contributed by atoms with Crippen LogP contribution in [0.2, 0.25) is 5.02 Å². The Morgan fingerprint density at radius 3 is 2.38 bits per heavy atom. The molecule has 0 spiro atoms. The van der Waals surface area contributed by atoms with Gasteiger partial charge in [0.1, 0.15) is 4.90 Å². The number of nitrogens with two attached hydrogens (primary N) is 1. The minimum atomic E-state index is -4.27. The summed E-state index contributed by atoms with van der Waals surface area (Å²) in [6.45, 7) is 0. The van der Waals surface area contributed by atoms with Gasteiger partial charge in [0.05, 0.1) is 5.02 Å². The Kier molecular flexibility index (Phi) is 4.71. The van der Waals surface area contributed by atoms with E-state index in [0.717, 1.165) is 6.07 Å². The van der Waals surface area contributed by atoms with Crippen molar-refractivity contribution in [2.75, 3.05) is 5.73 Å². The molecule has 7 heteroatoms. The van der Waals surface area contributed by atoms with Crippen LogP contribution in [0.15, 0.2) is 23.1 Å². The summed E-state index contributed by atoms with van der Waals surface area (Å²) in [5.74, 6) is 0. The van der Waals surface area contributed by atoms with Crippen molar-refractivity contribution in [1.82, 2.24) is 0 Å². The Labute approximate surface area is 105 Å². The van der Waals surface area contributed by atoms with E-state index in [1.54, 1.807) is 0 Å². The smallest absolute Gasteiger partial charge is 1.00 e. The zero-order valence-corrected chi connectivity index (χ0v) is 10.4.